The molecular formula is C32H34O5. The van der Waals surface area contributed by atoms with Crippen LogP contribution < -0.4 is 0 Å². The van der Waals surface area contributed by atoms with Crippen molar-refractivity contribution in [1.29, 1.82) is 0 Å². The fraction of sp³-hybridized carbons (Fsp3) is 0.312. The van der Waals surface area contributed by atoms with E-state index in [1.54, 1.807) is 54.6 Å². The van der Waals surface area contributed by atoms with E-state index in [2.05, 4.69) is 6.92 Å². The van der Waals surface area contributed by atoms with Crippen molar-refractivity contribution < 1.29 is 24.3 Å². The first-order valence-corrected chi connectivity index (χ1v) is 13.1. The third kappa shape index (κ3) is 7.32. The molecule has 0 spiro atoms. The average Bonchev–Trinajstić information content (AvgIpc) is 2.93. The molecule has 0 fully saturated rings. The molecule has 0 amide bonds. The average molecular weight is 499 g/mol. The summed E-state index contributed by atoms with van der Waals surface area (Å²) in [5.41, 5.74) is 1.78. The molecule has 1 N–H and O–H groups in total. The molecule has 0 aromatic heterocycles. The largest absolute Gasteiger partial charge is 0.504 e. The van der Waals surface area contributed by atoms with Gasteiger partial charge < -0.3 is 5.11 Å². The molecule has 2 aliphatic carbocycles. The van der Waals surface area contributed by atoms with Crippen LogP contribution in [0.4, 0.5) is 0 Å². The molecule has 0 radical (unpaired) electrons. The standard InChI is InChI=1S/C22H28O3.C10H6O2/c1-2-3-4-5-6-7-8-9-10-11-16-19-20(23)17-14-12-13-15-18(17)21(24)22(19)25;11-9-5-6-10(12)8-4-2-1-3-7(8)9/h11-16,25H,2-10H2,1H3;1-6H. The first-order chi connectivity index (χ1) is 18.0. The second kappa shape index (κ2) is 14.0. The summed E-state index contributed by atoms with van der Waals surface area (Å²) >= 11 is 0. The smallest absolute Gasteiger partial charge is 0.228 e. The molecule has 5 heteroatoms. The van der Waals surface area contributed by atoms with Gasteiger partial charge in [-0.2, -0.15) is 0 Å². The summed E-state index contributed by atoms with van der Waals surface area (Å²) in [6, 6.07) is 13.5. The van der Waals surface area contributed by atoms with Crippen molar-refractivity contribution in [3.8, 4) is 0 Å². The van der Waals surface area contributed by atoms with Crippen LogP contribution in [-0.4, -0.2) is 28.2 Å². The Hall–Kier alpha value is -3.86. The molecule has 0 unspecified atom stereocenters. The minimum Gasteiger partial charge on any atom is -0.504 e. The van der Waals surface area contributed by atoms with E-state index in [-0.39, 0.29) is 28.5 Å². The summed E-state index contributed by atoms with van der Waals surface area (Å²) in [4.78, 5) is 47.0. The van der Waals surface area contributed by atoms with Gasteiger partial charge in [0.05, 0.1) is 5.57 Å². The van der Waals surface area contributed by atoms with Gasteiger partial charge in [-0.05, 0) is 25.0 Å². The zero-order valence-electron chi connectivity index (χ0n) is 21.4. The monoisotopic (exact) mass is 498 g/mol. The second-order valence-electron chi connectivity index (χ2n) is 9.24. The molecule has 2 aromatic rings. The van der Waals surface area contributed by atoms with E-state index >= 15 is 0 Å². The lowest BCUT2D eigenvalue weighted by Gasteiger charge is -2.15. The summed E-state index contributed by atoms with van der Waals surface area (Å²) in [6.45, 7) is 2.22. The summed E-state index contributed by atoms with van der Waals surface area (Å²) in [6.07, 6.45) is 17.0. The molecule has 4 rings (SSSR count). The van der Waals surface area contributed by atoms with Crippen LogP contribution in [0.3, 0.4) is 0 Å². The van der Waals surface area contributed by atoms with Crippen molar-refractivity contribution in [1.82, 2.24) is 0 Å². The maximum atomic E-state index is 12.4. The van der Waals surface area contributed by atoms with Crippen LogP contribution in [0, 0.1) is 0 Å². The van der Waals surface area contributed by atoms with Crippen molar-refractivity contribution in [3.63, 3.8) is 0 Å². The lowest BCUT2D eigenvalue weighted by Crippen LogP contribution is -2.21. The molecule has 37 heavy (non-hydrogen) atoms. The van der Waals surface area contributed by atoms with Gasteiger partial charge in [0.1, 0.15) is 0 Å². The minimum atomic E-state index is -0.470. The van der Waals surface area contributed by atoms with Crippen LogP contribution >= 0.6 is 0 Å². The predicted octanol–water partition coefficient (Wildman–Crippen LogP) is 7.59. The molecular weight excluding hydrogens is 464 g/mol. The maximum absolute atomic E-state index is 12.4. The van der Waals surface area contributed by atoms with Gasteiger partial charge in [0.15, 0.2) is 23.1 Å². The van der Waals surface area contributed by atoms with Crippen molar-refractivity contribution in [2.75, 3.05) is 0 Å². The number of hydrogen-bond acceptors (Lipinski definition) is 5. The predicted molar refractivity (Wildman–Crippen MR) is 145 cm³/mol. The Kier molecular flexibility index (Phi) is 10.5. The highest BCUT2D eigenvalue weighted by atomic mass is 16.3. The van der Waals surface area contributed by atoms with Crippen LogP contribution in [0.25, 0.3) is 0 Å². The van der Waals surface area contributed by atoms with Crippen molar-refractivity contribution >= 4 is 23.1 Å². The van der Waals surface area contributed by atoms with Crippen molar-refractivity contribution in [2.45, 2.75) is 64.7 Å². The van der Waals surface area contributed by atoms with Gasteiger partial charge in [-0.3, -0.25) is 19.2 Å². The SMILES string of the molecule is CCCCCCCCCCC=CC1=C(O)C(=O)c2ccccc2C1=O.O=C1C=CC(=O)c2ccccc21. The van der Waals surface area contributed by atoms with E-state index in [1.807, 2.05) is 6.08 Å². The maximum Gasteiger partial charge on any atom is 0.228 e. The van der Waals surface area contributed by atoms with E-state index in [9.17, 15) is 24.3 Å². The Balaban J connectivity index is 0.000000262. The first-order valence-electron chi connectivity index (χ1n) is 13.1. The van der Waals surface area contributed by atoms with E-state index in [4.69, 9.17) is 0 Å². The lowest BCUT2D eigenvalue weighted by atomic mass is 9.88. The normalized spacial score (nSPS) is 14.5. The number of fused-ring (bicyclic) bond motifs is 2. The molecule has 2 aromatic carbocycles. The first kappa shape index (κ1) is 27.7. The third-order valence-corrected chi connectivity index (χ3v) is 6.48. The fourth-order valence-electron chi connectivity index (χ4n) is 4.38. The number of ketones is 4. The molecule has 0 saturated carbocycles. The molecule has 0 saturated heterocycles. The zero-order valence-corrected chi connectivity index (χ0v) is 21.4. The third-order valence-electron chi connectivity index (χ3n) is 6.48. The lowest BCUT2D eigenvalue weighted by molar-refractivity contribution is 0.0932. The van der Waals surface area contributed by atoms with Gasteiger partial charge in [-0.15, -0.1) is 0 Å². The van der Waals surface area contributed by atoms with E-state index in [0.717, 1.165) is 12.8 Å². The van der Waals surface area contributed by atoms with Gasteiger partial charge in [0.25, 0.3) is 0 Å². The van der Waals surface area contributed by atoms with Crippen LogP contribution in [0.5, 0.6) is 0 Å². The van der Waals surface area contributed by atoms with Crippen LogP contribution in [0.2, 0.25) is 0 Å². The molecule has 192 valence electrons. The number of unbranched alkanes of at least 4 members (excludes halogenated alkanes) is 8. The van der Waals surface area contributed by atoms with Crippen LogP contribution in [-0.2, 0) is 0 Å². The van der Waals surface area contributed by atoms with E-state index in [1.165, 1.54) is 57.1 Å². The quantitative estimate of drug-likeness (QED) is 0.341. The number of rotatable bonds is 10. The molecule has 2 aliphatic rings. The summed E-state index contributed by atoms with van der Waals surface area (Å²) in [5.74, 6) is -1.37. The topological polar surface area (TPSA) is 88.5 Å². The Bertz CT molecular complexity index is 1210. The van der Waals surface area contributed by atoms with Gasteiger partial charge >= 0.3 is 0 Å². The van der Waals surface area contributed by atoms with E-state index < -0.39 is 11.5 Å². The number of benzene rings is 2. The van der Waals surface area contributed by atoms with Gasteiger partial charge in [0, 0.05) is 22.3 Å². The number of carbonyl (C=O) groups is 4. The Morgan fingerprint density at radius 2 is 1.08 bits per heavy atom. The fourth-order valence-corrected chi connectivity index (χ4v) is 4.38. The van der Waals surface area contributed by atoms with Crippen molar-refractivity contribution in [2.24, 2.45) is 0 Å². The Morgan fingerprint density at radius 1 is 0.622 bits per heavy atom. The van der Waals surface area contributed by atoms with Gasteiger partial charge in [-0.1, -0.05) is 113 Å². The summed E-state index contributed by atoms with van der Waals surface area (Å²) < 4.78 is 0. The number of allylic oxidation sites excluding steroid dienone is 6. The Labute approximate surface area is 218 Å². The summed E-state index contributed by atoms with van der Waals surface area (Å²) in [7, 11) is 0. The number of hydrogen-bond donors (Lipinski definition) is 1. The minimum absolute atomic E-state index is 0.0924. The zero-order chi connectivity index (χ0) is 26.6. The molecule has 0 atom stereocenters. The van der Waals surface area contributed by atoms with Crippen LogP contribution in [0.15, 0.2) is 84.2 Å². The van der Waals surface area contributed by atoms with Crippen molar-refractivity contribution in [3.05, 3.63) is 106 Å². The highest BCUT2D eigenvalue weighted by molar-refractivity contribution is 6.27. The van der Waals surface area contributed by atoms with Crippen LogP contribution in [0.1, 0.15) is 106 Å². The highest BCUT2D eigenvalue weighted by Gasteiger charge is 2.30. The van der Waals surface area contributed by atoms with Gasteiger partial charge in [0.2, 0.25) is 5.78 Å². The number of aliphatic hydroxyl groups is 1. The van der Waals surface area contributed by atoms with Gasteiger partial charge in [-0.25, -0.2) is 0 Å². The molecule has 0 aliphatic heterocycles. The number of Topliss-reactive ketones (excluding diaryl/α,β-unsaturated/α-hetero) is 2. The number of aliphatic hydroxyl groups excluding tert-OH is 1. The second-order valence-corrected chi connectivity index (χ2v) is 9.24. The molecule has 5 nitrogen and oxygen atoms in total. The highest BCUT2D eigenvalue weighted by Crippen LogP contribution is 2.26. The molecule has 0 heterocycles. The molecule has 0 bridgehead atoms. The van der Waals surface area contributed by atoms with E-state index in [0.29, 0.717) is 16.7 Å². The Morgan fingerprint density at radius 3 is 1.62 bits per heavy atom. The number of carbonyl (C=O) groups excluding carboxylic acids is 4. The summed E-state index contributed by atoms with van der Waals surface area (Å²) in [5, 5.41) is 10.1.